The molecular formula is C23H39BrN2O3. The minimum absolute atomic E-state index is 0.0303. The summed E-state index contributed by atoms with van der Waals surface area (Å²) in [5, 5.41) is 10.7. The number of carbonyl (C=O) groups excluding carboxylic acids is 1. The van der Waals surface area contributed by atoms with E-state index < -0.39 is 0 Å². The van der Waals surface area contributed by atoms with E-state index in [1.54, 1.807) is 0 Å². The molecule has 6 heteroatoms. The van der Waals surface area contributed by atoms with Crippen molar-refractivity contribution in [3.8, 4) is 0 Å². The third-order valence-corrected chi connectivity index (χ3v) is 8.31. The van der Waals surface area contributed by atoms with E-state index in [1.165, 1.54) is 38.5 Å². The van der Waals surface area contributed by atoms with Crippen molar-refractivity contribution in [3.05, 3.63) is 0 Å². The number of likely N-dealkylation sites (tertiary alicyclic amines) is 1. The van der Waals surface area contributed by atoms with Gasteiger partial charge in [0.1, 0.15) is 0 Å². The van der Waals surface area contributed by atoms with Crippen LogP contribution in [0.15, 0.2) is 0 Å². The predicted octanol–water partition coefficient (Wildman–Crippen LogP) is 3.57. The Labute approximate surface area is 184 Å². The summed E-state index contributed by atoms with van der Waals surface area (Å²) in [6.07, 6.45) is 12.5. The number of ether oxygens (including phenoxy) is 1. The Morgan fingerprint density at radius 1 is 0.931 bits per heavy atom. The summed E-state index contributed by atoms with van der Waals surface area (Å²) >= 11 is 3.36. The highest BCUT2D eigenvalue weighted by Gasteiger charge is 2.39. The third-order valence-electron chi connectivity index (χ3n) is 7.83. The standard InChI is InChI=1S/C23H39BrN2O3/c24-14-23(28)26(21-2-1-3-22(21)27)20-10-12-25(13-11-20)19-8-6-18(7-9-19)16-29-15-17-4-5-17/h17-22,27H,1-16H2/t18-,19+,21-,22+/m0/s1. The molecule has 4 fully saturated rings. The van der Waals surface area contributed by atoms with E-state index in [-0.39, 0.29) is 18.1 Å². The lowest BCUT2D eigenvalue weighted by molar-refractivity contribution is -0.137. The van der Waals surface area contributed by atoms with Gasteiger partial charge in [0.05, 0.1) is 17.5 Å². The van der Waals surface area contributed by atoms with Crippen LogP contribution in [0.4, 0.5) is 0 Å². The lowest BCUT2D eigenvalue weighted by atomic mass is 9.85. The molecule has 0 aromatic heterocycles. The molecule has 4 aliphatic rings. The number of nitrogens with zero attached hydrogens (tertiary/aromatic N) is 2. The van der Waals surface area contributed by atoms with Crippen molar-refractivity contribution in [2.24, 2.45) is 11.8 Å². The molecule has 1 saturated heterocycles. The van der Waals surface area contributed by atoms with Crippen LogP contribution in [0.2, 0.25) is 0 Å². The molecule has 0 spiro atoms. The fraction of sp³-hybridized carbons (Fsp3) is 0.957. The van der Waals surface area contributed by atoms with Gasteiger partial charge in [-0.15, -0.1) is 0 Å². The van der Waals surface area contributed by atoms with Gasteiger partial charge in [0.2, 0.25) is 5.91 Å². The van der Waals surface area contributed by atoms with Crippen LogP contribution in [0.1, 0.15) is 70.6 Å². The second kappa shape index (κ2) is 10.4. The van der Waals surface area contributed by atoms with Crippen molar-refractivity contribution >= 4 is 21.8 Å². The van der Waals surface area contributed by atoms with Crippen molar-refractivity contribution < 1.29 is 14.6 Å². The average molecular weight is 471 g/mol. The highest BCUT2D eigenvalue weighted by atomic mass is 79.9. The smallest absolute Gasteiger partial charge is 0.233 e. The molecule has 0 aromatic carbocycles. The summed E-state index contributed by atoms with van der Waals surface area (Å²) in [5.41, 5.74) is 0. The largest absolute Gasteiger partial charge is 0.391 e. The van der Waals surface area contributed by atoms with Crippen molar-refractivity contribution in [3.63, 3.8) is 0 Å². The minimum Gasteiger partial charge on any atom is -0.391 e. The molecule has 0 radical (unpaired) electrons. The topological polar surface area (TPSA) is 53.0 Å². The number of alkyl halides is 1. The lowest BCUT2D eigenvalue weighted by Gasteiger charge is -2.45. The Morgan fingerprint density at radius 3 is 2.07 bits per heavy atom. The van der Waals surface area contributed by atoms with Crippen molar-refractivity contribution in [2.45, 2.75) is 94.9 Å². The maximum Gasteiger partial charge on any atom is 0.233 e. The van der Waals surface area contributed by atoms with Crippen LogP contribution in [0.25, 0.3) is 0 Å². The molecule has 1 N–H and O–H groups in total. The number of rotatable bonds is 8. The number of halogens is 1. The van der Waals surface area contributed by atoms with Crippen molar-refractivity contribution in [2.75, 3.05) is 31.6 Å². The SMILES string of the molecule is O=C(CBr)N(C1CCN([C@H]2CC[C@@H](COCC3CC3)CC2)CC1)[C@H]1CCC[C@H]1O. The Balaban J connectivity index is 1.21. The quantitative estimate of drug-likeness (QED) is 0.550. The van der Waals surface area contributed by atoms with E-state index in [4.69, 9.17) is 4.74 Å². The second-order valence-corrected chi connectivity index (χ2v) is 10.5. The number of amides is 1. The van der Waals surface area contributed by atoms with Crippen LogP contribution in [0.3, 0.4) is 0 Å². The summed E-state index contributed by atoms with van der Waals surface area (Å²) in [7, 11) is 0. The van der Waals surface area contributed by atoms with Gasteiger partial charge in [0.15, 0.2) is 0 Å². The molecule has 29 heavy (non-hydrogen) atoms. The molecule has 2 atom stereocenters. The number of hydrogen-bond acceptors (Lipinski definition) is 4. The summed E-state index contributed by atoms with van der Waals surface area (Å²) < 4.78 is 5.93. The zero-order valence-electron chi connectivity index (χ0n) is 17.8. The van der Waals surface area contributed by atoms with Gasteiger partial charge >= 0.3 is 0 Å². The molecule has 166 valence electrons. The molecule has 1 heterocycles. The van der Waals surface area contributed by atoms with Crippen molar-refractivity contribution in [1.29, 1.82) is 0 Å². The summed E-state index contributed by atoms with van der Waals surface area (Å²) in [5.74, 6) is 1.79. The molecule has 1 aliphatic heterocycles. The molecule has 1 amide bonds. The van der Waals surface area contributed by atoms with E-state index in [2.05, 4.69) is 25.7 Å². The normalized spacial score (nSPS) is 34.4. The van der Waals surface area contributed by atoms with Crippen LogP contribution < -0.4 is 0 Å². The lowest BCUT2D eigenvalue weighted by Crippen LogP contribution is -2.55. The molecular weight excluding hydrogens is 432 g/mol. The molecule has 3 aliphatic carbocycles. The minimum atomic E-state index is -0.339. The van der Waals surface area contributed by atoms with Crippen LogP contribution in [-0.2, 0) is 9.53 Å². The maximum atomic E-state index is 12.6. The summed E-state index contributed by atoms with van der Waals surface area (Å²) in [4.78, 5) is 17.4. The van der Waals surface area contributed by atoms with Gasteiger partial charge in [0.25, 0.3) is 0 Å². The highest BCUT2D eigenvalue weighted by molar-refractivity contribution is 9.09. The fourth-order valence-electron chi connectivity index (χ4n) is 5.87. The van der Waals surface area contributed by atoms with Crippen LogP contribution in [-0.4, -0.2) is 76.7 Å². The first kappa shape index (κ1) is 22.0. The number of aliphatic hydroxyl groups is 1. The van der Waals surface area contributed by atoms with Gasteiger partial charge in [-0.2, -0.15) is 0 Å². The average Bonchev–Trinajstić information content (AvgIpc) is 3.49. The van der Waals surface area contributed by atoms with Crippen molar-refractivity contribution in [1.82, 2.24) is 9.80 Å². The van der Waals surface area contributed by atoms with Gasteiger partial charge in [-0.25, -0.2) is 0 Å². The maximum absolute atomic E-state index is 12.6. The van der Waals surface area contributed by atoms with Crippen LogP contribution >= 0.6 is 15.9 Å². The molecule has 3 saturated carbocycles. The van der Waals surface area contributed by atoms with Gasteiger partial charge in [0, 0.05) is 38.4 Å². The number of carbonyl (C=O) groups is 1. The number of hydrogen-bond donors (Lipinski definition) is 1. The Morgan fingerprint density at radius 2 is 1.55 bits per heavy atom. The molecule has 0 bridgehead atoms. The highest BCUT2D eigenvalue weighted by Crippen LogP contribution is 2.34. The second-order valence-electron chi connectivity index (χ2n) is 9.92. The van der Waals surface area contributed by atoms with E-state index in [0.717, 1.165) is 70.2 Å². The first-order valence-electron chi connectivity index (χ1n) is 12.0. The van der Waals surface area contributed by atoms with Gasteiger partial charge in [-0.3, -0.25) is 4.79 Å². The van der Waals surface area contributed by atoms with Gasteiger partial charge < -0.3 is 19.6 Å². The predicted molar refractivity (Wildman–Crippen MR) is 118 cm³/mol. The molecule has 4 rings (SSSR count). The first-order chi connectivity index (χ1) is 14.2. The molecule has 5 nitrogen and oxygen atoms in total. The van der Waals surface area contributed by atoms with Gasteiger partial charge in [-0.05, 0) is 82.5 Å². The summed E-state index contributed by atoms with van der Waals surface area (Å²) in [6.45, 7) is 4.14. The Bertz CT molecular complexity index is 528. The fourth-order valence-corrected chi connectivity index (χ4v) is 6.16. The first-order valence-corrected chi connectivity index (χ1v) is 13.1. The van der Waals surface area contributed by atoms with E-state index >= 15 is 0 Å². The van der Waals surface area contributed by atoms with Crippen LogP contribution in [0, 0.1) is 11.8 Å². The zero-order valence-corrected chi connectivity index (χ0v) is 19.4. The summed E-state index contributed by atoms with van der Waals surface area (Å²) in [6, 6.07) is 1.04. The van der Waals surface area contributed by atoms with Gasteiger partial charge in [-0.1, -0.05) is 15.9 Å². The third kappa shape index (κ3) is 5.75. The Hall–Kier alpha value is -0.170. The van der Waals surface area contributed by atoms with E-state index in [9.17, 15) is 9.90 Å². The van der Waals surface area contributed by atoms with E-state index in [1.807, 2.05) is 0 Å². The zero-order chi connectivity index (χ0) is 20.2. The molecule has 0 unspecified atom stereocenters. The monoisotopic (exact) mass is 470 g/mol. The number of aliphatic hydroxyl groups excluding tert-OH is 1. The van der Waals surface area contributed by atoms with E-state index in [0.29, 0.717) is 17.4 Å². The van der Waals surface area contributed by atoms with Crippen LogP contribution in [0.5, 0.6) is 0 Å². The Kier molecular flexibility index (Phi) is 7.93. The molecule has 0 aromatic rings. The number of piperidine rings is 1.